The van der Waals surface area contributed by atoms with Gasteiger partial charge in [0, 0.05) is 23.9 Å². The summed E-state index contributed by atoms with van der Waals surface area (Å²) in [4.78, 5) is 12.4. The van der Waals surface area contributed by atoms with E-state index in [-0.39, 0.29) is 5.97 Å². The maximum absolute atomic E-state index is 12.4. The molecule has 1 fully saturated rings. The highest BCUT2D eigenvalue weighted by atomic mass is 16.5. The van der Waals surface area contributed by atoms with Crippen LogP contribution < -0.4 is 0 Å². The van der Waals surface area contributed by atoms with E-state index < -0.39 is 6.04 Å². The molecule has 0 bridgehead atoms. The van der Waals surface area contributed by atoms with Gasteiger partial charge in [-0.3, -0.25) is 4.68 Å². The van der Waals surface area contributed by atoms with Crippen molar-refractivity contribution in [3.63, 3.8) is 0 Å². The van der Waals surface area contributed by atoms with Gasteiger partial charge in [0.05, 0.1) is 12.7 Å². The third kappa shape index (κ3) is 3.48. The summed E-state index contributed by atoms with van der Waals surface area (Å²) in [6.45, 7) is 0. The Kier molecular flexibility index (Phi) is 4.45. The highest BCUT2D eigenvalue weighted by Gasteiger charge is 2.23. The van der Waals surface area contributed by atoms with Gasteiger partial charge in [-0.05, 0) is 24.5 Å². The molecule has 2 aromatic carbocycles. The minimum Gasteiger partial charge on any atom is -0.467 e. The summed E-state index contributed by atoms with van der Waals surface area (Å²) in [7, 11) is 1.41. The van der Waals surface area contributed by atoms with E-state index in [0.717, 1.165) is 22.0 Å². The quantitative estimate of drug-likeness (QED) is 0.535. The minimum absolute atomic E-state index is 0.299. The predicted molar refractivity (Wildman–Crippen MR) is 101 cm³/mol. The summed E-state index contributed by atoms with van der Waals surface area (Å²) in [5.74, 6) is 6.78. The second kappa shape index (κ2) is 7.05. The summed E-state index contributed by atoms with van der Waals surface area (Å²) in [6.07, 6.45) is 4.82. The molecule has 1 unspecified atom stereocenters. The fourth-order valence-corrected chi connectivity index (χ4v) is 2.99. The molecular weight excluding hydrogens is 324 g/mol. The molecule has 0 spiro atoms. The minimum atomic E-state index is -0.501. The van der Waals surface area contributed by atoms with Gasteiger partial charge in [-0.15, -0.1) is 0 Å². The highest BCUT2D eigenvalue weighted by Crippen LogP contribution is 2.28. The van der Waals surface area contributed by atoms with E-state index >= 15 is 0 Å². The van der Waals surface area contributed by atoms with Crippen LogP contribution in [0, 0.1) is 17.8 Å². The van der Waals surface area contributed by atoms with E-state index in [1.807, 2.05) is 54.7 Å². The van der Waals surface area contributed by atoms with Crippen LogP contribution in [0.2, 0.25) is 0 Å². The number of hydrogen-bond acceptors (Lipinski definition) is 3. The number of fused-ring (bicyclic) bond motifs is 1. The molecule has 0 aliphatic heterocycles. The van der Waals surface area contributed by atoms with Gasteiger partial charge in [0.1, 0.15) is 5.52 Å². The van der Waals surface area contributed by atoms with Gasteiger partial charge < -0.3 is 4.74 Å². The molecule has 0 saturated heterocycles. The van der Waals surface area contributed by atoms with E-state index in [1.54, 1.807) is 4.68 Å². The zero-order valence-electron chi connectivity index (χ0n) is 14.7. The van der Waals surface area contributed by atoms with Crippen molar-refractivity contribution in [2.45, 2.75) is 25.3 Å². The second-order valence-electron chi connectivity index (χ2n) is 6.62. The van der Waals surface area contributed by atoms with Gasteiger partial charge in [-0.25, -0.2) is 4.79 Å². The van der Waals surface area contributed by atoms with Crippen molar-refractivity contribution in [3.05, 3.63) is 65.9 Å². The van der Waals surface area contributed by atoms with Crippen LogP contribution in [0.25, 0.3) is 10.9 Å². The molecule has 1 saturated carbocycles. The molecule has 0 N–H and O–H groups in total. The van der Waals surface area contributed by atoms with Crippen molar-refractivity contribution in [3.8, 4) is 11.8 Å². The molecule has 130 valence electrons. The van der Waals surface area contributed by atoms with E-state index in [9.17, 15) is 4.79 Å². The number of rotatable bonds is 4. The molecule has 4 nitrogen and oxygen atoms in total. The normalized spacial score (nSPS) is 14.5. The van der Waals surface area contributed by atoms with Gasteiger partial charge in [0.2, 0.25) is 0 Å². The largest absolute Gasteiger partial charge is 0.467 e. The third-order valence-corrected chi connectivity index (χ3v) is 4.61. The summed E-state index contributed by atoms with van der Waals surface area (Å²) < 4.78 is 6.74. The number of esters is 1. The Bertz CT molecular complexity index is 991. The molecular formula is C22H20N2O2. The van der Waals surface area contributed by atoms with Crippen LogP contribution in [0.5, 0.6) is 0 Å². The number of aromatic nitrogens is 2. The first-order valence-corrected chi connectivity index (χ1v) is 8.86. The smallest absolute Gasteiger partial charge is 0.331 e. The number of carbonyl (C=O) groups excluding carboxylic acids is 1. The molecule has 4 heteroatoms. The number of ether oxygens (including phenoxy) is 1. The fraction of sp³-hybridized carbons (Fsp3) is 0.273. The Balaban J connectivity index is 1.71. The van der Waals surface area contributed by atoms with Crippen molar-refractivity contribution in [2.24, 2.45) is 5.92 Å². The van der Waals surface area contributed by atoms with Crippen LogP contribution in [0.1, 0.15) is 30.0 Å². The number of nitrogens with zero attached hydrogens (tertiary/aromatic N) is 2. The SMILES string of the molecule is COC(=O)C(Cc1ccccc1)n1cc2cccc(C#CC3CC3)c2n1. The van der Waals surface area contributed by atoms with Crippen molar-refractivity contribution in [1.82, 2.24) is 9.78 Å². The molecule has 4 rings (SSSR count). The Hall–Kier alpha value is -3.06. The summed E-state index contributed by atoms with van der Waals surface area (Å²) in [5, 5.41) is 5.67. The number of carbonyl (C=O) groups is 1. The molecule has 3 aromatic rings. The van der Waals surface area contributed by atoms with E-state index in [0.29, 0.717) is 12.3 Å². The van der Waals surface area contributed by atoms with Crippen LogP contribution in [0.4, 0.5) is 0 Å². The Morgan fingerprint density at radius 2 is 2.04 bits per heavy atom. The van der Waals surface area contributed by atoms with Gasteiger partial charge in [-0.1, -0.05) is 54.3 Å². The summed E-state index contributed by atoms with van der Waals surface area (Å²) >= 11 is 0. The fourth-order valence-electron chi connectivity index (χ4n) is 2.99. The Morgan fingerprint density at radius 1 is 1.23 bits per heavy atom. The van der Waals surface area contributed by atoms with Gasteiger partial charge in [0.25, 0.3) is 0 Å². The Morgan fingerprint density at radius 3 is 2.77 bits per heavy atom. The zero-order valence-corrected chi connectivity index (χ0v) is 14.7. The monoisotopic (exact) mass is 344 g/mol. The lowest BCUT2D eigenvalue weighted by atomic mass is 10.1. The average Bonchev–Trinajstić information content (AvgIpc) is 3.41. The first-order chi connectivity index (χ1) is 12.7. The maximum atomic E-state index is 12.4. The summed E-state index contributed by atoms with van der Waals surface area (Å²) in [6, 6.07) is 15.4. The van der Waals surface area contributed by atoms with Crippen LogP contribution in [-0.4, -0.2) is 22.9 Å². The lowest BCUT2D eigenvalue weighted by Gasteiger charge is -2.15. The summed E-state index contributed by atoms with van der Waals surface area (Å²) in [5.41, 5.74) is 2.82. The lowest BCUT2D eigenvalue weighted by molar-refractivity contribution is -0.144. The van der Waals surface area contributed by atoms with Crippen molar-refractivity contribution in [2.75, 3.05) is 7.11 Å². The maximum Gasteiger partial charge on any atom is 0.331 e. The second-order valence-corrected chi connectivity index (χ2v) is 6.62. The van der Waals surface area contributed by atoms with E-state index in [2.05, 4.69) is 16.9 Å². The molecule has 1 atom stereocenters. The molecule has 1 aliphatic rings. The van der Waals surface area contributed by atoms with Crippen LogP contribution in [0.15, 0.2) is 54.7 Å². The first kappa shape index (κ1) is 16.4. The van der Waals surface area contributed by atoms with Gasteiger partial charge in [0.15, 0.2) is 6.04 Å². The van der Waals surface area contributed by atoms with Gasteiger partial charge >= 0.3 is 5.97 Å². The van der Waals surface area contributed by atoms with Crippen molar-refractivity contribution >= 4 is 16.9 Å². The molecule has 1 aromatic heterocycles. The highest BCUT2D eigenvalue weighted by molar-refractivity contribution is 5.85. The van der Waals surface area contributed by atoms with Crippen molar-refractivity contribution < 1.29 is 9.53 Å². The molecule has 1 aliphatic carbocycles. The predicted octanol–water partition coefficient (Wildman–Crippen LogP) is 3.75. The topological polar surface area (TPSA) is 44.1 Å². The van der Waals surface area contributed by atoms with Crippen LogP contribution in [0.3, 0.4) is 0 Å². The average molecular weight is 344 g/mol. The molecule has 1 heterocycles. The Labute approximate surface area is 152 Å². The lowest BCUT2D eigenvalue weighted by Crippen LogP contribution is -2.23. The molecule has 0 amide bonds. The van der Waals surface area contributed by atoms with E-state index in [4.69, 9.17) is 4.74 Å². The molecule has 26 heavy (non-hydrogen) atoms. The van der Waals surface area contributed by atoms with E-state index in [1.165, 1.54) is 20.0 Å². The van der Waals surface area contributed by atoms with Crippen LogP contribution >= 0.6 is 0 Å². The standard InChI is InChI=1S/C22H20N2O2/c1-26-22(25)20(14-17-6-3-2-4-7-17)24-15-19-9-5-8-18(21(19)23-24)13-12-16-10-11-16/h2-9,15-16,20H,10-11,14H2,1H3. The number of methoxy groups -OCH3 is 1. The van der Waals surface area contributed by atoms with Crippen molar-refractivity contribution in [1.29, 1.82) is 0 Å². The number of hydrogen-bond donors (Lipinski definition) is 0. The van der Waals surface area contributed by atoms with Crippen LogP contribution in [-0.2, 0) is 16.0 Å². The zero-order chi connectivity index (χ0) is 17.9. The third-order valence-electron chi connectivity index (χ3n) is 4.61. The molecule has 0 radical (unpaired) electrons. The van der Waals surface area contributed by atoms with Gasteiger partial charge in [-0.2, -0.15) is 5.10 Å². The number of benzene rings is 2. The first-order valence-electron chi connectivity index (χ1n) is 8.86.